The van der Waals surface area contributed by atoms with Crippen LogP contribution in [0.2, 0.25) is 0 Å². The van der Waals surface area contributed by atoms with Crippen molar-refractivity contribution < 1.29 is 4.74 Å². The lowest BCUT2D eigenvalue weighted by molar-refractivity contribution is 0.415. The van der Waals surface area contributed by atoms with Crippen molar-refractivity contribution in [3.05, 3.63) is 36.2 Å². The summed E-state index contributed by atoms with van der Waals surface area (Å²) >= 11 is 0. The van der Waals surface area contributed by atoms with Gasteiger partial charge in [0.25, 0.3) is 0 Å². The second-order valence-electron chi connectivity index (χ2n) is 4.27. The maximum absolute atomic E-state index is 5.95. The fourth-order valence-corrected chi connectivity index (χ4v) is 2.08. The molecule has 4 nitrogen and oxygen atoms in total. The number of hydrogen-bond donors (Lipinski definition) is 1. The van der Waals surface area contributed by atoms with Crippen LogP contribution in [0.4, 0.5) is 0 Å². The summed E-state index contributed by atoms with van der Waals surface area (Å²) in [5, 5.41) is 0. The number of rotatable bonds is 4. The van der Waals surface area contributed by atoms with Crippen LogP contribution in [0.5, 0.6) is 5.75 Å². The summed E-state index contributed by atoms with van der Waals surface area (Å²) < 4.78 is 7.38. The van der Waals surface area contributed by atoms with E-state index in [1.54, 1.807) is 7.11 Å². The zero-order valence-corrected chi connectivity index (χ0v) is 11.1. The van der Waals surface area contributed by atoms with Gasteiger partial charge in [-0.15, -0.1) is 0 Å². The first kappa shape index (κ1) is 12.6. The van der Waals surface area contributed by atoms with Crippen molar-refractivity contribution >= 4 is 0 Å². The van der Waals surface area contributed by atoms with E-state index in [1.807, 2.05) is 37.4 Å². The zero-order chi connectivity index (χ0) is 13.1. The number of ether oxygens (including phenoxy) is 1. The molecule has 0 aliphatic carbocycles. The Kier molecular flexibility index (Phi) is 3.67. The van der Waals surface area contributed by atoms with Crippen LogP contribution in [0.3, 0.4) is 0 Å². The van der Waals surface area contributed by atoms with Crippen molar-refractivity contribution in [2.45, 2.75) is 26.4 Å². The highest BCUT2D eigenvalue weighted by atomic mass is 16.5. The van der Waals surface area contributed by atoms with E-state index in [2.05, 4.69) is 16.5 Å². The third-order valence-corrected chi connectivity index (χ3v) is 3.00. The largest absolute Gasteiger partial charge is 0.497 e. The van der Waals surface area contributed by atoms with Gasteiger partial charge in [-0.3, -0.25) is 0 Å². The molecule has 0 aliphatic rings. The van der Waals surface area contributed by atoms with Gasteiger partial charge < -0.3 is 15.0 Å². The quantitative estimate of drug-likeness (QED) is 0.900. The molecule has 1 heterocycles. The van der Waals surface area contributed by atoms with Crippen LogP contribution in [0.15, 0.2) is 30.5 Å². The molecule has 2 rings (SSSR count). The first-order valence-corrected chi connectivity index (χ1v) is 6.12. The minimum absolute atomic E-state index is 0.0168. The lowest BCUT2D eigenvalue weighted by Gasteiger charge is -2.12. The molecule has 0 bridgehead atoms. The van der Waals surface area contributed by atoms with E-state index in [0.717, 1.165) is 29.4 Å². The Morgan fingerprint density at radius 2 is 2.22 bits per heavy atom. The van der Waals surface area contributed by atoms with E-state index in [0.29, 0.717) is 0 Å². The maximum atomic E-state index is 5.95. The first-order chi connectivity index (χ1) is 8.67. The van der Waals surface area contributed by atoms with Gasteiger partial charge >= 0.3 is 0 Å². The van der Waals surface area contributed by atoms with Crippen molar-refractivity contribution in [1.82, 2.24) is 9.55 Å². The van der Waals surface area contributed by atoms with Gasteiger partial charge in [-0.2, -0.15) is 0 Å². The lowest BCUT2D eigenvalue weighted by Crippen LogP contribution is -2.12. The number of aromatic nitrogens is 2. The molecule has 4 heteroatoms. The van der Waals surface area contributed by atoms with Crippen molar-refractivity contribution in [3.63, 3.8) is 0 Å². The molecular weight excluding hydrogens is 226 g/mol. The molecular formula is C14H19N3O. The van der Waals surface area contributed by atoms with Crippen LogP contribution in [0, 0.1) is 0 Å². The minimum Gasteiger partial charge on any atom is -0.497 e. The van der Waals surface area contributed by atoms with Crippen LogP contribution in [-0.4, -0.2) is 16.7 Å². The van der Waals surface area contributed by atoms with E-state index in [4.69, 9.17) is 10.5 Å². The number of nitrogens with two attached hydrogens (primary N) is 1. The van der Waals surface area contributed by atoms with Crippen LogP contribution in [0.25, 0.3) is 11.4 Å². The Labute approximate surface area is 107 Å². The molecule has 2 N–H and O–H groups in total. The van der Waals surface area contributed by atoms with Crippen molar-refractivity contribution in [2.75, 3.05) is 7.11 Å². The Bertz CT molecular complexity index is 532. The standard InChI is InChI=1S/C14H19N3O/c1-4-17-13(10(2)15)9-16-14(17)11-6-5-7-12(8-11)18-3/h5-10H,4,15H2,1-3H3. The van der Waals surface area contributed by atoms with E-state index >= 15 is 0 Å². The van der Waals surface area contributed by atoms with Gasteiger partial charge in [0.2, 0.25) is 0 Å². The minimum atomic E-state index is -0.0168. The molecule has 96 valence electrons. The number of methoxy groups -OCH3 is 1. The number of imidazole rings is 1. The first-order valence-electron chi connectivity index (χ1n) is 6.12. The molecule has 1 aromatic heterocycles. The number of hydrogen-bond acceptors (Lipinski definition) is 3. The predicted molar refractivity (Wildman–Crippen MR) is 72.5 cm³/mol. The molecule has 0 amide bonds. The number of benzene rings is 1. The summed E-state index contributed by atoms with van der Waals surface area (Å²) in [6.45, 7) is 4.92. The molecule has 0 radical (unpaired) electrons. The zero-order valence-electron chi connectivity index (χ0n) is 11.1. The Morgan fingerprint density at radius 3 is 2.83 bits per heavy atom. The third kappa shape index (κ3) is 2.24. The molecule has 2 aromatic rings. The second kappa shape index (κ2) is 5.23. The maximum Gasteiger partial charge on any atom is 0.140 e. The van der Waals surface area contributed by atoms with Crippen LogP contribution < -0.4 is 10.5 Å². The van der Waals surface area contributed by atoms with Crippen molar-refractivity contribution in [3.8, 4) is 17.1 Å². The van der Waals surface area contributed by atoms with E-state index in [1.165, 1.54) is 0 Å². The molecule has 18 heavy (non-hydrogen) atoms. The van der Waals surface area contributed by atoms with Crippen molar-refractivity contribution in [1.29, 1.82) is 0 Å². The van der Waals surface area contributed by atoms with E-state index in [9.17, 15) is 0 Å². The van der Waals surface area contributed by atoms with Gasteiger partial charge in [0, 0.05) is 18.2 Å². The lowest BCUT2D eigenvalue weighted by atomic mass is 10.2. The van der Waals surface area contributed by atoms with Crippen LogP contribution in [-0.2, 0) is 6.54 Å². The van der Waals surface area contributed by atoms with E-state index in [-0.39, 0.29) is 6.04 Å². The average Bonchev–Trinajstić information content (AvgIpc) is 2.82. The second-order valence-corrected chi connectivity index (χ2v) is 4.27. The summed E-state index contributed by atoms with van der Waals surface area (Å²) in [4.78, 5) is 4.48. The molecule has 0 saturated heterocycles. The SMILES string of the molecule is CCn1c(C(C)N)cnc1-c1cccc(OC)c1. The average molecular weight is 245 g/mol. The predicted octanol–water partition coefficient (Wildman–Crippen LogP) is 2.60. The monoisotopic (exact) mass is 245 g/mol. The van der Waals surface area contributed by atoms with Gasteiger partial charge in [0.1, 0.15) is 11.6 Å². The molecule has 0 fully saturated rings. The fraction of sp³-hybridized carbons (Fsp3) is 0.357. The molecule has 0 spiro atoms. The summed E-state index contributed by atoms with van der Waals surface area (Å²) in [6.07, 6.45) is 1.85. The Balaban J connectivity index is 2.50. The summed E-state index contributed by atoms with van der Waals surface area (Å²) in [7, 11) is 1.67. The van der Waals surface area contributed by atoms with Gasteiger partial charge in [-0.05, 0) is 26.0 Å². The summed E-state index contributed by atoms with van der Waals surface area (Å²) in [5.41, 5.74) is 8.05. The Morgan fingerprint density at radius 1 is 1.44 bits per heavy atom. The van der Waals surface area contributed by atoms with Crippen LogP contribution >= 0.6 is 0 Å². The fourth-order valence-electron chi connectivity index (χ4n) is 2.08. The smallest absolute Gasteiger partial charge is 0.140 e. The highest BCUT2D eigenvalue weighted by Crippen LogP contribution is 2.25. The third-order valence-electron chi connectivity index (χ3n) is 3.00. The topological polar surface area (TPSA) is 53.1 Å². The highest BCUT2D eigenvalue weighted by molar-refractivity contribution is 5.58. The van der Waals surface area contributed by atoms with Gasteiger partial charge in [-0.1, -0.05) is 12.1 Å². The normalized spacial score (nSPS) is 12.4. The van der Waals surface area contributed by atoms with Crippen LogP contribution in [0.1, 0.15) is 25.6 Å². The molecule has 0 aliphatic heterocycles. The van der Waals surface area contributed by atoms with E-state index < -0.39 is 0 Å². The summed E-state index contributed by atoms with van der Waals surface area (Å²) in [5.74, 6) is 1.77. The summed E-state index contributed by atoms with van der Waals surface area (Å²) in [6, 6.07) is 7.89. The van der Waals surface area contributed by atoms with Gasteiger partial charge in [0.15, 0.2) is 0 Å². The molecule has 1 atom stereocenters. The highest BCUT2D eigenvalue weighted by Gasteiger charge is 2.13. The Hall–Kier alpha value is -1.81. The molecule has 1 unspecified atom stereocenters. The van der Waals surface area contributed by atoms with Gasteiger partial charge in [0.05, 0.1) is 19.0 Å². The van der Waals surface area contributed by atoms with Crippen molar-refractivity contribution in [2.24, 2.45) is 5.73 Å². The molecule has 0 saturated carbocycles. The van der Waals surface area contributed by atoms with Gasteiger partial charge in [-0.25, -0.2) is 4.98 Å². The number of nitrogens with zero attached hydrogens (tertiary/aromatic N) is 2. The molecule has 1 aromatic carbocycles.